The number of methoxy groups -OCH3 is 1. The van der Waals surface area contributed by atoms with Gasteiger partial charge in [-0.1, -0.05) is 41.2 Å². The molecule has 1 aliphatic rings. The lowest BCUT2D eigenvalue weighted by Gasteiger charge is -2.31. The van der Waals surface area contributed by atoms with Crippen molar-refractivity contribution >= 4 is 27.5 Å². The zero-order chi connectivity index (χ0) is 19.5. The van der Waals surface area contributed by atoms with Crippen molar-refractivity contribution in [2.24, 2.45) is 0 Å². The van der Waals surface area contributed by atoms with Gasteiger partial charge in [0.15, 0.2) is 0 Å². The summed E-state index contributed by atoms with van der Waals surface area (Å²) in [5, 5.41) is 0.688. The van der Waals surface area contributed by atoms with Crippen LogP contribution in [0.25, 0.3) is 10.2 Å². The van der Waals surface area contributed by atoms with Crippen LogP contribution in [0, 0.1) is 6.92 Å². The first-order valence-corrected chi connectivity index (χ1v) is 10.4. The fraction of sp³-hybridized carbons (Fsp3) is 0.364. The summed E-state index contributed by atoms with van der Waals surface area (Å²) in [5.74, 6) is 0.987. The van der Waals surface area contributed by atoms with Gasteiger partial charge in [0, 0.05) is 32.0 Å². The molecule has 3 aromatic rings. The molecule has 0 unspecified atom stereocenters. The Hall–Kier alpha value is -2.60. The summed E-state index contributed by atoms with van der Waals surface area (Å²) in [4.78, 5) is 19.1. The molecule has 146 valence electrons. The highest BCUT2D eigenvalue weighted by Crippen LogP contribution is 2.32. The van der Waals surface area contributed by atoms with Gasteiger partial charge in [-0.25, -0.2) is 4.98 Å². The molecule has 0 spiro atoms. The molecule has 0 atom stereocenters. The third kappa shape index (κ3) is 4.28. The van der Waals surface area contributed by atoms with Crippen molar-refractivity contribution in [2.45, 2.75) is 32.3 Å². The molecule has 4 rings (SSSR count). The topological polar surface area (TPSA) is 51.7 Å². The molecule has 2 aromatic carbocycles. The Balaban J connectivity index is 1.32. The Morgan fingerprint density at radius 1 is 1.21 bits per heavy atom. The standard InChI is InChI=1S/C22H24N2O3S/c1-15-4-3-5-16(12-15)13-21(25)24-10-8-17(9-11-24)27-22-23-19-14-18(26-2)6-7-20(19)28-22/h3-7,12,14,17H,8-11,13H2,1-2H3. The van der Waals surface area contributed by atoms with E-state index in [0.29, 0.717) is 11.6 Å². The highest BCUT2D eigenvalue weighted by Gasteiger charge is 2.24. The predicted octanol–water partition coefficient (Wildman–Crippen LogP) is 4.23. The molecule has 0 bridgehead atoms. The minimum Gasteiger partial charge on any atom is -0.497 e. The summed E-state index contributed by atoms with van der Waals surface area (Å²) in [7, 11) is 1.65. The average Bonchev–Trinajstić information content (AvgIpc) is 3.09. The van der Waals surface area contributed by atoms with Crippen LogP contribution in [-0.2, 0) is 11.2 Å². The normalized spacial score (nSPS) is 15.0. The molecule has 0 saturated carbocycles. The van der Waals surface area contributed by atoms with Crippen LogP contribution >= 0.6 is 11.3 Å². The highest BCUT2D eigenvalue weighted by molar-refractivity contribution is 7.20. The van der Waals surface area contributed by atoms with Crippen molar-refractivity contribution in [1.82, 2.24) is 9.88 Å². The van der Waals surface area contributed by atoms with E-state index in [0.717, 1.165) is 47.5 Å². The number of fused-ring (bicyclic) bond motifs is 1. The number of thiazole rings is 1. The van der Waals surface area contributed by atoms with Crippen LogP contribution in [0.5, 0.6) is 10.9 Å². The summed E-state index contributed by atoms with van der Waals surface area (Å²) in [6.07, 6.45) is 2.23. The fourth-order valence-electron chi connectivity index (χ4n) is 3.54. The molecular formula is C22H24N2O3S. The number of rotatable bonds is 5. The maximum atomic E-state index is 12.6. The number of hydrogen-bond acceptors (Lipinski definition) is 5. The molecule has 1 amide bonds. The lowest BCUT2D eigenvalue weighted by Crippen LogP contribution is -2.42. The Morgan fingerprint density at radius 2 is 2.04 bits per heavy atom. The molecule has 0 aliphatic carbocycles. The maximum absolute atomic E-state index is 12.6. The number of benzene rings is 2. The maximum Gasteiger partial charge on any atom is 0.274 e. The van der Waals surface area contributed by atoms with Crippen molar-refractivity contribution in [2.75, 3.05) is 20.2 Å². The number of aryl methyl sites for hydroxylation is 1. The monoisotopic (exact) mass is 396 g/mol. The van der Waals surface area contributed by atoms with Gasteiger partial charge in [-0.15, -0.1) is 0 Å². The summed E-state index contributed by atoms with van der Waals surface area (Å²) in [5.41, 5.74) is 3.16. The van der Waals surface area contributed by atoms with E-state index in [4.69, 9.17) is 9.47 Å². The molecule has 28 heavy (non-hydrogen) atoms. The van der Waals surface area contributed by atoms with Gasteiger partial charge in [-0.2, -0.15) is 0 Å². The first kappa shape index (κ1) is 18.7. The molecule has 1 fully saturated rings. The average molecular weight is 397 g/mol. The lowest BCUT2D eigenvalue weighted by atomic mass is 10.0. The number of hydrogen-bond donors (Lipinski definition) is 0. The quantitative estimate of drug-likeness (QED) is 0.648. The number of piperidine rings is 1. The number of ether oxygens (including phenoxy) is 2. The van der Waals surface area contributed by atoms with Gasteiger partial charge in [-0.3, -0.25) is 4.79 Å². The lowest BCUT2D eigenvalue weighted by molar-refractivity contribution is -0.132. The van der Waals surface area contributed by atoms with Crippen LogP contribution in [0.1, 0.15) is 24.0 Å². The summed E-state index contributed by atoms with van der Waals surface area (Å²) >= 11 is 1.55. The Bertz CT molecular complexity index is 977. The van der Waals surface area contributed by atoms with Gasteiger partial charge in [0.2, 0.25) is 5.91 Å². The minimum atomic E-state index is 0.102. The highest BCUT2D eigenvalue weighted by atomic mass is 32.1. The van der Waals surface area contributed by atoms with Crippen LogP contribution in [0.3, 0.4) is 0 Å². The van der Waals surface area contributed by atoms with E-state index in [9.17, 15) is 4.79 Å². The molecule has 5 nitrogen and oxygen atoms in total. The number of carbonyl (C=O) groups is 1. The van der Waals surface area contributed by atoms with E-state index in [2.05, 4.69) is 24.0 Å². The second-order valence-corrected chi connectivity index (χ2v) is 8.17. The number of nitrogens with zero attached hydrogens (tertiary/aromatic N) is 2. The van der Waals surface area contributed by atoms with Crippen LogP contribution in [-0.4, -0.2) is 42.1 Å². The zero-order valence-electron chi connectivity index (χ0n) is 16.2. The van der Waals surface area contributed by atoms with Crippen LogP contribution in [0.15, 0.2) is 42.5 Å². The van der Waals surface area contributed by atoms with Gasteiger partial charge < -0.3 is 14.4 Å². The van der Waals surface area contributed by atoms with Crippen molar-refractivity contribution in [3.05, 3.63) is 53.6 Å². The number of carbonyl (C=O) groups excluding carboxylic acids is 1. The van der Waals surface area contributed by atoms with Gasteiger partial charge >= 0.3 is 0 Å². The summed E-state index contributed by atoms with van der Waals surface area (Å²) in [6, 6.07) is 14.0. The van der Waals surface area contributed by atoms with E-state index >= 15 is 0 Å². The molecule has 6 heteroatoms. The minimum absolute atomic E-state index is 0.102. The Morgan fingerprint density at radius 3 is 2.79 bits per heavy atom. The van der Waals surface area contributed by atoms with E-state index in [1.165, 1.54) is 5.56 Å². The largest absolute Gasteiger partial charge is 0.497 e. The Labute approximate surface area is 168 Å². The molecule has 0 N–H and O–H groups in total. The second-order valence-electron chi connectivity index (χ2n) is 7.18. The van der Waals surface area contributed by atoms with Gasteiger partial charge in [0.05, 0.1) is 23.7 Å². The molecule has 1 saturated heterocycles. The van der Waals surface area contributed by atoms with Gasteiger partial charge in [0.1, 0.15) is 11.9 Å². The van der Waals surface area contributed by atoms with Crippen LogP contribution < -0.4 is 9.47 Å². The van der Waals surface area contributed by atoms with Gasteiger partial charge in [-0.05, 0) is 24.6 Å². The number of amides is 1. The van der Waals surface area contributed by atoms with Crippen LogP contribution in [0.4, 0.5) is 0 Å². The molecular weight excluding hydrogens is 372 g/mol. The zero-order valence-corrected chi connectivity index (χ0v) is 17.0. The summed E-state index contributed by atoms with van der Waals surface area (Å²) < 4.78 is 12.4. The second kappa shape index (κ2) is 8.19. The first-order chi connectivity index (χ1) is 13.6. The van der Waals surface area contributed by atoms with Gasteiger partial charge in [0.25, 0.3) is 5.19 Å². The van der Waals surface area contributed by atoms with E-state index < -0.39 is 0 Å². The summed E-state index contributed by atoms with van der Waals surface area (Å²) in [6.45, 7) is 3.51. The van der Waals surface area contributed by atoms with Crippen LogP contribution in [0.2, 0.25) is 0 Å². The van der Waals surface area contributed by atoms with E-state index in [1.54, 1.807) is 18.4 Å². The number of likely N-dealkylation sites (tertiary alicyclic amines) is 1. The van der Waals surface area contributed by atoms with Crippen molar-refractivity contribution in [3.8, 4) is 10.9 Å². The van der Waals surface area contributed by atoms with E-state index in [-0.39, 0.29) is 12.0 Å². The smallest absolute Gasteiger partial charge is 0.274 e. The molecule has 1 aromatic heterocycles. The fourth-order valence-corrected chi connectivity index (χ4v) is 4.40. The molecule has 0 radical (unpaired) electrons. The number of aromatic nitrogens is 1. The molecule has 2 heterocycles. The van der Waals surface area contributed by atoms with E-state index in [1.807, 2.05) is 35.2 Å². The van der Waals surface area contributed by atoms with Crippen molar-refractivity contribution in [3.63, 3.8) is 0 Å². The van der Waals surface area contributed by atoms with Crippen molar-refractivity contribution in [1.29, 1.82) is 0 Å². The molecule has 1 aliphatic heterocycles. The Kier molecular flexibility index (Phi) is 5.48. The third-order valence-corrected chi connectivity index (χ3v) is 6.00. The third-order valence-electron chi connectivity index (χ3n) is 5.08. The van der Waals surface area contributed by atoms with Crippen molar-refractivity contribution < 1.29 is 14.3 Å². The predicted molar refractivity (Wildman–Crippen MR) is 111 cm³/mol. The first-order valence-electron chi connectivity index (χ1n) is 9.55. The SMILES string of the molecule is COc1ccc2sc(OC3CCN(C(=O)Cc4cccc(C)c4)CC3)nc2c1.